The zero-order chi connectivity index (χ0) is 33.3. The van der Waals surface area contributed by atoms with Crippen molar-refractivity contribution in [3.05, 3.63) is 76.0 Å². The molecule has 18 heteroatoms. The number of aromatic nitrogens is 4. The molecular formula is C27H23F8N7O3. The minimum Gasteiger partial charge on any atom is -0.399 e. The zero-order valence-corrected chi connectivity index (χ0v) is 23.2. The third-order valence-corrected chi connectivity index (χ3v) is 6.11. The lowest BCUT2D eigenvalue weighted by atomic mass is 10.1. The lowest BCUT2D eigenvalue weighted by molar-refractivity contribution is -0.298. The molecule has 2 aromatic carbocycles. The van der Waals surface area contributed by atoms with Crippen molar-refractivity contribution in [1.29, 1.82) is 0 Å². The first kappa shape index (κ1) is 32.9. The van der Waals surface area contributed by atoms with Crippen LogP contribution in [0.15, 0.2) is 58.0 Å². The number of rotatable bonds is 9. The Morgan fingerprint density at radius 2 is 1.67 bits per heavy atom. The number of halogens is 8. The second kappa shape index (κ2) is 12.2. The summed E-state index contributed by atoms with van der Waals surface area (Å²) < 4.78 is 110. The van der Waals surface area contributed by atoms with Crippen LogP contribution in [-0.4, -0.2) is 37.8 Å². The monoisotopic (exact) mass is 645 g/mol. The maximum absolute atomic E-state index is 13.5. The summed E-state index contributed by atoms with van der Waals surface area (Å²) in [6.45, 7) is 2.68. The molecule has 0 unspecified atom stereocenters. The summed E-state index contributed by atoms with van der Waals surface area (Å²) in [6, 6.07) is 7.82. The number of nitrogens with zero attached hydrogens (tertiary/aromatic N) is 4. The number of nitrogens with one attached hydrogen (secondary N) is 2. The summed E-state index contributed by atoms with van der Waals surface area (Å²) in [5, 5.41) is 8.51. The van der Waals surface area contributed by atoms with Crippen LogP contribution in [0.5, 0.6) is 0 Å². The van der Waals surface area contributed by atoms with Crippen LogP contribution in [-0.2, 0) is 30.0 Å². The van der Waals surface area contributed by atoms with Crippen molar-refractivity contribution in [2.45, 2.75) is 51.3 Å². The van der Waals surface area contributed by atoms with Crippen molar-refractivity contribution in [1.82, 2.24) is 25.0 Å². The van der Waals surface area contributed by atoms with Gasteiger partial charge >= 0.3 is 24.2 Å². The van der Waals surface area contributed by atoms with Gasteiger partial charge in [-0.25, -0.2) is 4.98 Å². The quantitative estimate of drug-likeness (QED) is 0.164. The van der Waals surface area contributed by atoms with E-state index in [4.69, 9.17) is 5.73 Å². The van der Waals surface area contributed by atoms with Crippen LogP contribution in [0.2, 0.25) is 0 Å². The van der Waals surface area contributed by atoms with Gasteiger partial charge in [0.15, 0.2) is 5.82 Å². The first-order chi connectivity index (χ1) is 20.9. The third kappa shape index (κ3) is 7.38. The van der Waals surface area contributed by atoms with E-state index in [2.05, 4.69) is 30.3 Å². The van der Waals surface area contributed by atoms with E-state index in [0.717, 1.165) is 22.9 Å². The number of anilines is 2. The summed E-state index contributed by atoms with van der Waals surface area (Å²) in [7, 11) is 0. The minimum absolute atomic E-state index is 0.0385. The lowest BCUT2D eigenvalue weighted by Gasteiger charge is -2.17. The van der Waals surface area contributed by atoms with E-state index in [1.165, 1.54) is 30.3 Å². The Kier molecular flexibility index (Phi) is 8.88. The Morgan fingerprint density at radius 1 is 1.00 bits per heavy atom. The van der Waals surface area contributed by atoms with E-state index < -0.39 is 53.6 Å². The van der Waals surface area contributed by atoms with E-state index >= 15 is 0 Å². The molecule has 4 aromatic rings. The number of hydrogen-bond donors (Lipinski definition) is 3. The number of carbonyl (C=O) groups is 1. The fourth-order valence-electron chi connectivity index (χ4n) is 3.97. The molecule has 0 spiro atoms. The van der Waals surface area contributed by atoms with Crippen molar-refractivity contribution in [2.75, 3.05) is 11.1 Å². The molecule has 0 bridgehead atoms. The molecule has 4 N–H and O–H groups in total. The summed E-state index contributed by atoms with van der Waals surface area (Å²) in [5.74, 6) is -8.67. The largest absolute Gasteiger partial charge is 0.463 e. The zero-order valence-electron chi connectivity index (χ0n) is 23.2. The third-order valence-electron chi connectivity index (χ3n) is 6.11. The number of hydrogen-bond acceptors (Lipinski definition) is 8. The summed E-state index contributed by atoms with van der Waals surface area (Å²) in [6.07, 6.45) is -9.54. The molecule has 0 radical (unpaired) electrons. The lowest BCUT2D eigenvalue weighted by Crippen LogP contribution is -2.35. The fraction of sp³-hybridized carbons (Fsp3) is 0.296. The smallest absolute Gasteiger partial charge is 0.399 e. The standard InChI is InChI=1S/C27H23F8N7O3/c1-13(2)39-22-23(44)42(19(11-38-22)16-7-17(26(30,31)32)9-18(36)8-16)12-20(43)37-10-14-3-5-15(6-4-14)21-40-24(45-41-21)25(28,29)27(33,34)35/h3-9,11,13H,10,12,36H2,1-2H3,(H,37,43)(H,38,39). The Labute approximate surface area is 248 Å². The van der Waals surface area contributed by atoms with Gasteiger partial charge in [0.05, 0.1) is 17.5 Å². The summed E-state index contributed by atoms with van der Waals surface area (Å²) >= 11 is 0. The maximum Gasteiger partial charge on any atom is 0.463 e. The summed E-state index contributed by atoms with van der Waals surface area (Å²) in [5.41, 5.74) is 3.86. The van der Waals surface area contributed by atoms with Crippen LogP contribution < -0.4 is 21.9 Å². The molecule has 1 amide bonds. The molecule has 4 rings (SSSR count). The van der Waals surface area contributed by atoms with Crippen LogP contribution >= 0.6 is 0 Å². The second-order valence-corrected chi connectivity index (χ2v) is 9.99. The van der Waals surface area contributed by atoms with Crippen LogP contribution in [0.1, 0.15) is 30.9 Å². The van der Waals surface area contributed by atoms with Gasteiger partial charge in [-0.2, -0.15) is 40.1 Å². The molecule has 2 heterocycles. The van der Waals surface area contributed by atoms with Crippen LogP contribution in [0.3, 0.4) is 0 Å². The number of alkyl halides is 8. The van der Waals surface area contributed by atoms with Gasteiger partial charge in [-0.05, 0) is 37.6 Å². The minimum atomic E-state index is -5.94. The highest BCUT2D eigenvalue weighted by Crippen LogP contribution is 2.43. The number of carbonyl (C=O) groups excluding carboxylic acids is 1. The van der Waals surface area contributed by atoms with Crippen molar-refractivity contribution in [2.24, 2.45) is 0 Å². The number of benzene rings is 2. The van der Waals surface area contributed by atoms with Gasteiger partial charge < -0.3 is 20.9 Å². The van der Waals surface area contributed by atoms with Gasteiger partial charge in [0, 0.05) is 29.4 Å². The molecule has 45 heavy (non-hydrogen) atoms. The van der Waals surface area contributed by atoms with E-state index in [1.54, 1.807) is 13.8 Å². The predicted octanol–water partition coefficient (Wildman–Crippen LogP) is 5.35. The fourth-order valence-corrected chi connectivity index (χ4v) is 3.97. The normalized spacial score (nSPS) is 12.4. The van der Waals surface area contributed by atoms with Crippen molar-refractivity contribution < 1.29 is 44.4 Å². The van der Waals surface area contributed by atoms with Gasteiger partial charge in [-0.3, -0.25) is 14.2 Å². The average molecular weight is 646 g/mol. The van der Waals surface area contributed by atoms with Gasteiger partial charge in [0.2, 0.25) is 11.7 Å². The highest BCUT2D eigenvalue weighted by atomic mass is 19.4. The van der Waals surface area contributed by atoms with Gasteiger partial charge in [0.1, 0.15) is 6.54 Å². The molecule has 0 saturated heterocycles. The molecule has 2 aromatic heterocycles. The van der Waals surface area contributed by atoms with Crippen LogP contribution in [0, 0.1) is 0 Å². The molecular weight excluding hydrogens is 622 g/mol. The molecule has 0 aliphatic rings. The van der Waals surface area contributed by atoms with Crippen molar-refractivity contribution >= 4 is 17.4 Å². The number of nitrogens with two attached hydrogens (primary N) is 1. The molecule has 0 aliphatic carbocycles. The van der Waals surface area contributed by atoms with E-state index in [0.29, 0.717) is 5.56 Å². The number of nitrogen functional groups attached to an aromatic ring is 1. The van der Waals surface area contributed by atoms with Gasteiger partial charge in [-0.15, -0.1) is 0 Å². The van der Waals surface area contributed by atoms with E-state index in [-0.39, 0.29) is 40.9 Å². The Hall–Kier alpha value is -5.03. The van der Waals surface area contributed by atoms with Crippen molar-refractivity contribution in [3.63, 3.8) is 0 Å². The van der Waals surface area contributed by atoms with Crippen LogP contribution in [0.4, 0.5) is 46.6 Å². The van der Waals surface area contributed by atoms with E-state index in [1.807, 2.05) is 0 Å². The Bertz CT molecular complexity index is 1750. The molecule has 0 aliphatic heterocycles. The average Bonchev–Trinajstić information content (AvgIpc) is 3.44. The predicted molar refractivity (Wildman–Crippen MR) is 144 cm³/mol. The molecule has 0 atom stereocenters. The summed E-state index contributed by atoms with van der Waals surface area (Å²) in [4.78, 5) is 33.3. The maximum atomic E-state index is 13.5. The molecule has 240 valence electrons. The molecule has 10 nitrogen and oxygen atoms in total. The van der Waals surface area contributed by atoms with Gasteiger partial charge in [0.25, 0.3) is 5.56 Å². The van der Waals surface area contributed by atoms with Crippen molar-refractivity contribution in [3.8, 4) is 22.6 Å². The molecule has 0 saturated carbocycles. The van der Waals surface area contributed by atoms with Crippen LogP contribution in [0.25, 0.3) is 22.6 Å². The van der Waals surface area contributed by atoms with Gasteiger partial charge in [-0.1, -0.05) is 29.4 Å². The first-order valence-electron chi connectivity index (χ1n) is 12.9. The number of amides is 1. The second-order valence-electron chi connectivity index (χ2n) is 9.99. The first-order valence-corrected chi connectivity index (χ1v) is 12.9. The van der Waals surface area contributed by atoms with E-state index in [9.17, 15) is 44.7 Å². The topological polar surface area (TPSA) is 141 Å². The Morgan fingerprint density at radius 3 is 2.27 bits per heavy atom. The Balaban J connectivity index is 1.54. The molecule has 0 fully saturated rings. The SMILES string of the molecule is CC(C)Nc1ncc(-c2cc(N)cc(C(F)(F)F)c2)n(CC(=O)NCc2ccc(-c3noc(C(F)(F)C(F)(F)F)n3)cc2)c1=O. The highest BCUT2D eigenvalue weighted by Gasteiger charge is 2.63. The highest BCUT2D eigenvalue weighted by molar-refractivity contribution is 5.77.